The van der Waals surface area contributed by atoms with E-state index in [2.05, 4.69) is 17.6 Å². The van der Waals surface area contributed by atoms with Crippen LogP contribution in [0.1, 0.15) is 30.5 Å². The molecule has 192 valence electrons. The smallest absolute Gasteiger partial charge is 0.249 e. The van der Waals surface area contributed by atoms with Crippen LogP contribution in [0, 0.1) is 5.92 Å². The number of amidine groups is 1. The molecular weight excluding hydrogens is 478 g/mol. The van der Waals surface area contributed by atoms with E-state index in [1.807, 2.05) is 75.3 Å². The predicted octanol–water partition coefficient (Wildman–Crippen LogP) is 4.73. The van der Waals surface area contributed by atoms with Gasteiger partial charge in [-0.3, -0.25) is 14.3 Å². The molecule has 1 fully saturated rings. The number of aliphatic imine (C=N–C) groups is 1. The summed E-state index contributed by atoms with van der Waals surface area (Å²) >= 11 is 0. The van der Waals surface area contributed by atoms with E-state index < -0.39 is 0 Å². The fourth-order valence-corrected chi connectivity index (χ4v) is 5.36. The summed E-state index contributed by atoms with van der Waals surface area (Å²) in [6, 6.07) is 17.5. The van der Waals surface area contributed by atoms with Crippen LogP contribution in [0.15, 0.2) is 78.4 Å². The van der Waals surface area contributed by atoms with Crippen molar-refractivity contribution in [3.63, 3.8) is 0 Å². The molecule has 0 N–H and O–H groups in total. The van der Waals surface area contributed by atoms with Gasteiger partial charge in [-0.05, 0) is 67.3 Å². The highest BCUT2D eigenvalue weighted by atomic mass is 16.5. The summed E-state index contributed by atoms with van der Waals surface area (Å²) in [6.45, 7) is 6.35. The van der Waals surface area contributed by atoms with E-state index in [-0.39, 0.29) is 17.7 Å². The Morgan fingerprint density at radius 1 is 1.08 bits per heavy atom. The minimum Gasteiger partial charge on any atom is -0.457 e. The molecule has 3 aromatic rings. The number of carbonyl (C=O) groups is 2. The molecule has 4 heterocycles. The largest absolute Gasteiger partial charge is 0.457 e. The quantitative estimate of drug-likeness (QED) is 0.451. The average Bonchev–Trinajstić information content (AvgIpc) is 3.32. The van der Waals surface area contributed by atoms with E-state index in [0.29, 0.717) is 31.9 Å². The first-order valence-electron chi connectivity index (χ1n) is 13.0. The molecule has 0 spiro atoms. The van der Waals surface area contributed by atoms with Gasteiger partial charge in [0.2, 0.25) is 11.8 Å². The lowest BCUT2D eigenvalue weighted by molar-refractivity contribution is -0.127. The number of ether oxygens (including phenoxy) is 1. The summed E-state index contributed by atoms with van der Waals surface area (Å²) in [5.74, 6) is 2.28. The maximum Gasteiger partial charge on any atom is 0.249 e. The molecule has 1 saturated heterocycles. The number of amides is 2. The molecule has 1 aromatic heterocycles. The van der Waals surface area contributed by atoms with Gasteiger partial charge in [0.15, 0.2) is 0 Å². The number of fused-ring (bicyclic) bond motifs is 3. The van der Waals surface area contributed by atoms with Crippen molar-refractivity contribution in [1.29, 1.82) is 0 Å². The maximum atomic E-state index is 12.3. The van der Waals surface area contributed by atoms with Gasteiger partial charge in [0.1, 0.15) is 23.0 Å². The number of hydrogen-bond acceptors (Lipinski definition) is 5. The fraction of sp³-hybridized carbons (Fsp3) is 0.267. The Hall–Kier alpha value is -4.46. The minimum absolute atomic E-state index is 0.0266. The molecule has 0 unspecified atom stereocenters. The first-order chi connectivity index (χ1) is 18.6. The van der Waals surface area contributed by atoms with Crippen molar-refractivity contribution in [3.8, 4) is 22.8 Å². The first-order valence-corrected chi connectivity index (χ1v) is 13.0. The molecule has 8 heteroatoms. The van der Waals surface area contributed by atoms with Gasteiger partial charge in [0.25, 0.3) is 0 Å². The molecule has 2 aromatic carbocycles. The number of carbonyl (C=O) groups excluding carboxylic acids is 2. The number of benzene rings is 2. The molecular formula is C30H29N5O3. The monoisotopic (exact) mass is 507 g/mol. The van der Waals surface area contributed by atoms with Gasteiger partial charge in [-0.15, -0.1) is 0 Å². The predicted molar refractivity (Wildman–Crippen MR) is 146 cm³/mol. The topological polar surface area (TPSA) is 80.0 Å². The van der Waals surface area contributed by atoms with Gasteiger partial charge in [0.05, 0.1) is 11.3 Å². The third kappa shape index (κ3) is 4.65. The molecule has 0 saturated carbocycles. The molecule has 3 aliphatic rings. The Labute approximate surface area is 221 Å². The third-order valence-corrected chi connectivity index (χ3v) is 7.24. The Morgan fingerprint density at radius 3 is 2.66 bits per heavy atom. The number of aromatic nitrogens is 2. The van der Waals surface area contributed by atoms with Crippen molar-refractivity contribution in [2.24, 2.45) is 10.9 Å². The number of rotatable bonds is 6. The van der Waals surface area contributed by atoms with Crippen molar-refractivity contribution >= 4 is 23.7 Å². The summed E-state index contributed by atoms with van der Waals surface area (Å²) < 4.78 is 7.99. The van der Waals surface area contributed by atoms with Crippen LogP contribution in [-0.4, -0.2) is 56.9 Å². The molecule has 3 aliphatic heterocycles. The normalized spacial score (nSPS) is 18.5. The highest BCUT2D eigenvalue weighted by Crippen LogP contribution is 2.34. The third-order valence-electron chi connectivity index (χ3n) is 7.24. The SMILES string of the molecule is C=CC(=O)N1CCC[C@@H](Cn2nc(-c3ccc(Oc4ccccc4)cc3)c3c2C=CN2CCC(=O)N=C32)C1. The van der Waals surface area contributed by atoms with E-state index in [4.69, 9.17) is 9.84 Å². The van der Waals surface area contributed by atoms with Crippen LogP contribution in [0.25, 0.3) is 17.3 Å². The maximum absolute atomic E-state index is 12.3. The lowest BCUT2D eigenvalue weighted by atomic mass is 9.97. The van der Waals surface area contributed by atoms with E-state index in [9.17, 15) is 9.59 Å². The van der Waals surface area contributed by atoms with Gasteiger partial charge in [-0.1, -0.05) is 24.8 Å². The van der Waals surface area contributed by atoms with Gasteiger partial charge in [0, 0.05) is 44.4 Å². The summed E-state index contributed by atoms with van der Waals surface area (Å²) in [5.41, 5.74) is 3.50. The zero-order valence-electron chi connectivity index (χ0n) is 21.1. The second-order valence-electron chi connectivity index (χ2n) is 9.82. The minimum atomic E-state index is -0.117. The van der Waals surface area contributed by atoms with Crippen LogP contribution in [0.3, 0.4) is 0 Å². The molecule has 0 bridgehead atoms. The van der Waals surface area contributed by atoms with Gasteiger partial charge < -0.3 is 14.5 Å². The lowest BCUT2D eigenvalue weighted by Crippen LogP contribution is -2.40. The van der Waals surface area contributed by atoms with E-state index in [1.165, 1.54) is 6.08 Å². The zero-order chi connectivity index (χ0) is 26.1. The molecule has 0 radical (unpaired) electrons. The van der Waals surface area contributed by atoms with Crippen LogP contribution >= 0.6 is 0 Å². The second-order valence-corrected chi connectivity index (χ2v) is 9.82. The van der Waals surface area contributed by atoms with Crippen molar-refractivity contribution < 1.29 is 14.3 Å². The van der Waals surface area contributed by atoms with Crippen molar-refractivity contribution in [1.82, 2.24) is 19.6 Å². The number of nitrogens with zero attached hydrogens (tertiary/aromatic N) is 5. The van der Waals surface area contributed by atoms with Crippen LogP contribution in [0.2, 0.25) is 0 Å². The van der Waals surface area contributed by atoms with Crippen LogP contribution in [0.4, 0.5) is 0 Å². The van der Waals surface area contributed by atoms with Crippen molar-refractivity contribution in [3.05, 3.63) is 84.7 Å². The Morgan fingerprint density at radius 2 is 1.87 bits per heavy atom. The van der Waals surface area contributed by atoms with Gasteiger partial charge >= 0.3 is 0 Å². The lowest BCUT2D eigenvalue weighted by Gasteiger charge is -2.32. The van der Waals surface area contributed by atoms with E-state index in [1.54, 1.807) is 0 Å². The van der Waals surface area contributed by atoms with Crippen LogP contribution < -0.4 is 4.74 Å². The highest BCUT2D eigenvalue weighted by Gasteiger charge is 2.32. The second kappa shape index (κ2) is 10.1. The van der Waals surface area contributed by atoms with Crippen molar-refractivity contribution in [2.75, 3.05) is 19.6 Å². The van der Waals surface area contributed by atoms with Gasteiger partial charge in [-0.25, -0.2) is 0 Å². The number of piperidine rings is 1. The highest BCUT2D eigenvalue weighted by molar-refractivity contribution is 6.13. The number of hydrogen-bond donors (Lipinski definition) is 0. The summed E-state index contributed by atoms with van der Waals surface area (Å²) in [6.07, 6.45) is 7.80. The first kappa shape index (κ1) is 23.9. The van der Waals surface area contributed by atoms with Crippen molar-refractivity contribution in [2.45, 2.75) is 25.8 Å². The average molecular weight is 508 g/mol. The number of para-hydroxylation sites is 1. The Kier molecular flexibility index (Phi) is 6.37. The fourth-order valence-electron chi connectivity index (χ4n) is 5.36. The van der Waals surface area contributed by atoms with Crippen LogP contribution in [0.5, 0.6) is 11.5 Å². The Balaban J connectivity index is 1.35. The standard InChI is InChI=1S/C30H29N5O3/c1-2-27(37)34-16-6-7-21(19-34)20-35-25-14-17-33-18-15-26(36)31-30(33)28(25)29(32-35)22-10-12-24(13-11-22)38-23-8-4-3-5-9-23/h2-5,8-14,17,21H,1,6-7,15-16,18-20H2/t21-/m1/s1. The molecule has 0 aliphatic carbocycles. The molecule has 2 amide bonds. The molecule has 38 heavy (non-hydrogen) atoms. The molecule has 8 nitrogen and oxygen atoms in total. The molecule has 6 rings (SSSR count). The summed E-state index contributed by atoms with van der Waals surface area (Å²) in [4.78, 5) is 32.9. The Bertz CT molecular complexity index is 1440. The van der Waals surface area contributed by atoms with Crippen LogP contribution in [-0.2, 0) is 16.1 Å². The van der Waals surface area contributed by atoms with E-state index in [0.717, 1.165) is 53.4 Å². The van der Waals surface area contributed by atoms with Gasteiger partial charge in [-0.2, -0.15) is 10.1 Å². The number of likely N-dealkylation sites (tertiary alicyclic amines) is 1. The summed E-state index contributed by atoms with van der Waals surface area (Å²) in [5, 5.41) is 5.06. The molecule has 1 atom stereocenters. The van der Waals surface area contributed by atoms with E-state index >= 15 is 0 Å². The summed E-state index contributed by atoms with van der Waals surface area (Å²) in [7, 11) is 0. The zero-order valence-corrected chi connectivity index (χ0v) is 21.1.